The van der Waals surface area contributed by atoms with E-state index in [4.69, 9.17) is 14.0 Å². The van der Waals surface area contributed by atoms with Crippen molar-refractivity contribution in [1.82, 2.24) is 15.5 Å². The van der Waals surface area contributed by atoms with E-state index in [0.29, 0.717) is 24.1 Å². The van der Waals surface area contributed by atoms with Gasteiger partial charge in [0.15, 0.2) is 0 Å². The first kappa shape index (κ1) is 21.5. The molecule has 0 bridgehead atoms. The second kappa shape index (κ2) is 10.5. The Morgan fingerprint density at radius 3 is 2.70 bits per heavy atom. The lowest BCUT2D eigenvalue weighted by Gasteiger charge is -2.20. The fraction of sp³-hybridized carbons (Fsp3) is 0.348. The van der Waals surface area contributed by atoms with Crippen LogP contribution in [0.2, 0.25) is 0 Å². The number of amides is 1. The van der Waals surface area contributed by atoms with E-state index in [9.17, 15) is 4.79 Å². The number of ether oxygens (including phenoxy) is 2. The van der Waals surface area contributed by atoms with E-state index < -0.39 is 6.04 Å². The fourth-order valence-electron chi connectivity index (χ4n) is 2.97. The quantitative estimate of drug-likeness (QED) is 0.541. The highest BCUT2D eigenvalue weighted by molar-refractivity contribution is 5.77. The van der Waals surface area contributed by atoms with Crippen molar-refractivity contribution in [2.75, 3.05) is 13.7 Å². The third-order valence-electron chi connectivity index (χ3n) is 4.91. The summed E-state index contributed by atoms with van der Waals surface area (Å²) in [5, 5.41) is 7.06. The normalized spacial score (nSPS) is 12.9. The number of hydrogen-bond acceptors (Lipinski definition) is 6. The van der Waals surface area contributed by atoms with Crippen molar-refractivity contribution >= 4 is 5.91 Å². The summed E-state index contributed by atoms with van der Waals surface area (Å²) in [7, 11) is 1.61. The van der Waals surface area contributed by atoms with Gasteiger partial charge in [-0.2, -0.15) is 4.98 Å². The third-order valence-corrected chi connectivity index (χ3v) is 4.91. The van der Waals surface area contributed by atoms with Gasteiger partial charge in [-0.15, -0.1) is 0 Å². The number of benzene rings is 2. The summed E-state index contributed by atoms with van der Waals surface area (Å²) in [4.78, 5) is 17.0. The lowest BCUT2D eigenvalue weighted by Crippen LogP contribution is -2.35. The monoisotopic (exact) mass is 409 g/mol. The summed E-state index contributed by atoms with van der Waals surface area (Å²) in [6.45, 7) is 4.42. The average molecular weight is 409 g/mol. The largest absolute Gasteiger partial charge is 0.497 e. The minimum Gasteiger partial charge on any atom is -0.497 e. The predicted molar refractivity (Wildman–Crippen MR) is 113 cm³/mol. The molecular weight excluding hydrogens is 382 g/mol. The molecule has 0 fully saturated rings. The van der Waals surface area contributed by atoms with E-state index in [1.165, 1.54) is 0 Å². The van der Waals surface area contributed by atoms with Gasteiger partial charge in [0, 0.05) is 5.56 Å². The first-order chi connectivity index (χ1) is 14.6. The van der Waals surface area contributed by atoms with Gasteiger partial charge in [0.05, 0.1) is 13.7 Å². The minimum atomic E-state index is -0.394. The summed E-state index contributed by atoms with van der Waals surface area (Å²) in [5.74, 6) is 1.42. The molecule has 2 aromatic carbocycles. The molecule has 1 aromatic heterocycles. The zero-order valence-electron chi connectivity index (χ0n) is 17.5. The predicted octanol–water partition coefficient (Wildman–Crippen LogP) is 4.17. The van der Waals surface area contributed by atoms with Gasteiger partial charge in [-0.1, -0.05) is 67.9 Å². The van der Waals surface area contributed by atoms with Crippen LogP contribution in [0.4, 0.5) is 0 Å². The number of carbonyl (C=O) groups excluding carboxylic acids is 1. The Bertz CT molecular complexity index is 942. The fourth-order valence-corrected chi connectivity index (χ4v) is 2.97. The zero-order chi connectivity index (χ0) is 21.3. The first-order valence-corrected chi connectivity index (χ1v) is 9.99. The van der Waals surface area contributed by atoms with Gasteiger partial charge < -0.3 is 19.3 Å². The highest BCUT2D eigenvalue weighted by atomic mass is 16.5. The van der Waals surface area contributed by atoms with Crippen LogP contribution in [-0.2, 0) is 16.1 Å². The van der Waals surface area contributed by atoms with Crippen molar-refractivity contribution < 1.29 is 18.8 Å². The molecule has 0 saturated heterocycles. The van der Waals surface area contributed by atoms with Crippen LogP contribution in [-0.4, -0.2) is 29.8 Å². The molecule has 3 aromatic rings. The van der Waals surface area contributed by atoms with Gasteiger partial charge in [-0.05, 0) is 23.6 Å². The van der Waals surface area contributed by atoms with Crippen LogP contribution in [0.15, 0.2) is 59.1 Å². The molecule has 7 nitrogen and oxygen atoms in total. The molecule has 30 heavy (non-hydrogen) atoms. The molecular formula is C23H27N3O4. The summed E-state index contributed by atoms with van der Waals surface area (Å²) < 4.78 is 16.3. The highest BCUT2D eigenvalue weighted by Crippen LogP contribution is 2.27. The molecule has 7 heteroatoms. The summed E-state index contributed by atoms with van der Waals surface area (Å²) in [6.07, 6.45) is 0.840. The molecule has 1 N–H and O–H groups in total. The second-order valence-electron chi connectivity index (χ2n) is 7.10. The second-order valence-corrected chi connectivity index (χ2v) is 7.10. The molecule has 0 saturated carbocycles. The van der Waals surface area contributed by atoms with Crippen LogP contribution in [0.5, 0.6) is 5.75 Å². The molecule has 0 radical (unpaired) electrons. The van der Waals surface area contributed by atoms with Crippen LogP contribution in [0.25, 0.3) is 11.4 Å². The standard InChI is InChI=1S/C23H27N3O4/c1-4-16(2)21(24-20(27)15-29-14-17-9-6-5-7-10-17)23-25-22(26-30-23)18-11-8-12-19(13-18)28-3/h5-13,16,21H,4,14-15H2,1-3H3,(H,24,27)/t16-,21+/m1/s1. The van der Waals surface area contributed by atoms with E-state index in [-0.39, 0.29) is 18.4 Å². The number of methoxy groups -OCH3 is 1. The average Bonchev–Trinajstić information content (AvgIpc) is 3.28. The first-order valence-electron chi connectivity index (χ1n) is 9.99. The topological polar surface area (TPSA) is 86.5 Å². The molecule has 1 amide bonds. The lowest BCUT2D eigenvalue weighted by molar-refractivity contribution is -0.127. The molecule has 0 spiro atoms. The lowest BCUT2D eigenvalue weighted by atomic mass is 9.99. The Balaban J connectivity index is 1.65. The van der Waals surface area contributed by atoms with Crippen LogP contribution >= 0.6 is 0 Å². The van der Waals surface area contributed by atoms with E-state index in [2.05, 4.69) is 22.4 Å². The van der Waals surface area contributed by atoms with Crippen molar-refractivity contribution in [2.24, 2.45) is 5.92 Å². The number of aromatic nitrogens is 2. The van der Waals surface area contributed by atoms with E-state index >= 15 is 0 Å². The smallest absolute Gasteiger partial charge is 0.249 e. The van der Waals surface area contributed by atoms with Gasteiger partial charge in [-0.3, -0.25) is 4.79 Å². The SMILES string of the molecule is CC[C@@H](C)[C@H](NC(=O)COCc1ccccc1)c1nc(-c2cccc(OC)c2)no1. The van der Waals surface area contributed by atoms with Crippen LogP contribution in [0, 0.1) is 5.92 Å². The number of nitrogens with one attached hydrogen (secondary N) is 1. The zero-order valence-corrected chi connectivity index (χ0v) is 17.5. The van der Waals surface area contributed by atoms with E-state index in [1.54, 1.807) is 7.11 Å². The Morgan fingerprint density at radius 1 is 1.17 bits per heavy atom. The molecule has 0 aliphatic heterocycles. The molecule has 158 valence electrons. The molecule has 0 unspecified atom stereocenters. The van der Waals surface area contributed by atoms with E-state index in [0.717, 1.165) is 17.5 Å². The van der Waals surface area contributed by atoms with Crippen molar-refractivity contribution in [3.8, 4) is 17.1 Å². The number of nitrogens with zero attached hydrogens (tertiary/aromatic N) is 2. The van der Waals surface area contributed by atoms with Crippen molar-refractivity contribution in [2.45, 2.75) is 32.9 Å². The van der Waals surface area contributed by atoms with Gasteiger partial charge in [-0.25, -0.2) is 0 Å². The van der Waals surface area contributed by atoms with Crippen LogP contribution in [0.3, 0.4) is 0 Å². The third kappa shape index (κ3) is 5.67. The molecule has 3 rings (SSSR count). The molecule has 1 heterocycles. The van der Waals surface area contributed by atoms with Gasteiger partial charge >= 0.3 is 0 Å². The Hall–Kier alpha value is -3.19. The van der Waals surface area contributed by atoms with Gasteiger partial charge in [0.2, 0.25) is 17.6 Å². The van der Waals surface area contributed by atoms with Crippen molar-refractivity contribution in [3.63, 3.8) is 0 Å². The highest BCUT2D eigenvalue weighted by Gasteiger charge is 2.26. The van der Waals surface area contributed by atoms with Gasteiger partial charge in [0.1, 0.15) is 18.4 Å². The number of hydrogen-bond donors (Lipinski definition) is 1. The van der Waals surface area contributed by atoms with Crippen molar-refractivity contribution in [3.05, 3.63) is 66.1 Å². The van der Waals surface area contributed by atoms with Crippen molar-refractivity contribution in [1.29, 1.82) is 0 Å². The number of rotatable bonds is 10. The maximum Gasteiger partial charge on any atom is 0.249 e. The maximum absolute atomic E-state index is 12.5. The molecule has 0 aliphatic carbocycles. The molecule has 2 atom stereocenters. The van der Waals surface area contributed by atoms with E-state index in [1.807, 2.05) is 61.5 Å². The minimum absolute atomic E-state index is 0.0429. The summed E-state index contributed by atoms with van der Waals surface area (Å²) >= 11 is 0. The Morgan fingerprint density at radius 2 is 1.97 bits per heavy atom. The van der Waals surface area contributed by atoms with Gasteiger partial charge in [0.25, 0.3) is 0 Å². The maximum atomic E-state index is 12.5. The summed E-state index contributed by atoms with van der Waals surface area (Å²) in [6, 6.07) is 16.8. The number of carbonyl (C=O) groups is 1. The Kier molecular flexibility index (Phi) is 7.57. The Labute approximate surface area is 176 Å². The molecule has 0 aliphatic rings. The van der Waals surface area contributed by atoms with Crippen LogP contribution in [0.1, 0.15) is 37.8 Å². The van der Waals surface area contributed by atoms with Crippen LogP contribution < -0.4 is 10.1 Å². The summed E-state index contributed by atoms with van der Waals surface area (Å²) in [5.41, 5.74) is 1.80.